The molecule has 0 bridgehead atoms. The maximum absolute atomic E-state index is 13.7. The van der Waals surface area contributed by atoms with Gasteiger partial charge in [-0.2, -0.15) is 13.2 Å². The van der Waals surface area contributed by atoms with Gasteiger partial charge in [0.25, 0.3) is 11.8 Å². The summed E-state index contributed by atoms with van der Waals surface area (Å²) in [7, 11) is 0. The van der Waals surface area contributed by atoms with Crippen molar-refractivity contribution in [3.05, 3.63) is 83.3 Å². The Morgan fingerprint density at radius 1 is 1.05 bits per heavy atom. The largest absolute Gasteiger partial charge is 0.417 e. The topological polar surface area (TPSA) is 94.6 Å². The zero-order valence-electron chi connectivity index (χ0n) is 19.1. The van der Waals surface area contributed by atoms with E-state index < -0.39 is 46.9 Å². The van der Waals surface area contributed by atoms with Crippen LogP contribution in [0.4, 0.5) is 34.8 Å². The molecule has 0 spiro atoms. The minimum atomic E-state index is -4.85. The quantitative estimate of drug-likeness (QED) is 0.520. The molecule has 12 heteroatoms. The fourth-order valence-corrected chi connectivity index (χ4v) is 4.40. The van der Waals surface area contributed by atoms with E-state index in [9.17, 15) is 31.9 Å². The summed E-state index contributed by atoms with van der Waals surface area (Å²) in [6, 6.07) is 11.1. The number of carbonyl (C=O) groups excluding carboxylic acids is 3. The van der Waals surface area contributed by atoms with Crippen molar-refractivity contribution < 1.29 is 31.9 Å². The van der Waals surface area contributed by atoms with Crippen LogP contribution in [0.1, 0.15) is 26.3 Å². The lowest BCUT2D eigenvalue weighted by Crippen LogP contribution is -2.61. The van der Waals surface area contributed by atoms with Crippen molar-refractivity contribution in [2.75, 3.05) is 35.2 Å². The van der Waals surface area contributed by atoms with Crippen LogP contribution in [0.15, 0.2) is 60.8 Å². The first-order valence-corrected chi connectivity index (χ1v) is 11.2. The van der Waals surface area contributed by atoms with Crippen LogP contribution in [0.3, 0.4) is 0 Å². The molecule has 1 fully saturated rings. The van der Waals surface area contributed by atoms with Crippen molar-refractivity contribution in [3.63, 3.8) is 0 Å². The van der Waals surface area contributed by atoms with Crippen LogP contribution in [0.25, 0.3) is 0 Å². The van der Waals surface area contributed by atoms with Crippen molar-refractivity contribution in [3.8, 4) is 0 Å². The molecule has 1 atom stereocenters. The van der Waals surface area contributed by atoms with Gasteiger partial charge in [-0.25, -0.2) is 9.37 Å². The van der Waals surface area contributed by atoms with Gasteiger partial charge in [0.05, 0.1) is 28.9 Å². The number of rotatable bonds is 3. The third-order valence-corrected chi connectivity index (χ3v) is 6.18. The van der Waals surface area contributed by atoms with Crippen LogP contribution in [-0.2, 0) is 11.0 Å². The Balaban J connectivity index is 1.36. The number of amides is 3. The molecule has 8 nitrogen and oxygen atoms in total. The number of hydrogen-bond donors (Lipinski definition) is 2. The Morgan fingerprint density at radius 3 is 2.54 bits per heavy atom. The van der Waals surface area contributed by atoms with Crippen molar-refractivity contribution in [2.45, 2.75) is 12.2 Å². The fraction of sp³-hybridized carbons (Fsp3) is 0.200. The molecule has 2 aliphatic heterocycles. The number of anilines is 3. The molecule has 0 aliphatic carbocycles. The highest BCUT2D eigenvalue weighted by molar-refractivity contribution is 6.08. The number of para-hydroxylation sites is 1. The molecular formula is C25H19F4N5O3. The van der Waals surface area contributed by atoms with Gasteiger partial charge in [0.2, 0.25) is 5.91 Å². The Bertz CT molecular complexity index is 1400. The first kappa shape index (κ1) is 24.2. The average molecular weight is 513 g/mol. The number of aromatic nitrogens is 1. The average Bonchev–Trinajstić information content (AvgIpc) is 2.87. The second-order valence-corrected chi connectivity index (χ2v) is 8.55. The summed E-state index contributed by atoms with van der Waals surface area (Å²) in [5, 5.41) is 5.39. The van der Waals surface area contributed by atoms with Crippen LogP contribution in [-0.4, -0.2) is 53.3 Å². The number of halogens is 4. The molecule has 3 amide bonds. The number of nitrogens with zero attached hydrogens (tertiary/aromatic N) is 3. The molecule has 37 heavy (non-hydrogen) atoms. The highest BCUT2D eigenvalue weighted by Crippen LogP contribution is 2.35. The summed E-state index contributed by atoms with van der Waals surface area (Å²) in [6.45, 7) is -0.153. The van der Waals surface area contributed by atoms with Gasteiger partial charge in [-0.1, -0.05) is 18.2 Å². The second-order valence-electron chi connectivity index (χ2n) is 8.55. The van der Waals surface area contributed by atoms with Crippen molar-refractivity contribution in [1.29, 1.82) is 0 Å². The second kappa shape index (κ2) is 9.19. The van der Waals surface area contributed by atoms with Crippen LogP contribution in [0.5, 0.6) is 0 Å². The van der Waals surface area contributed by atoms with Crippen molar-refractivity contribution >= 4 is 34.9 Å². The van der Waals surface area contributed by atoms with E-state index in [4.69, 9.17) is 0 Å². The first-order chi connectivity index (χ1) is 17.6. The summed E-state index contributed by atoms with van der Waals surface area (Å²) >= 11 is 0. The number of fused-ring (bicyclic) bond motifs is 3. The molecule has 190 valence electrons. The van der Waals surface area contributed by atoms with Gasteiger partial charge in [-0.15, -0.1) is 0 Å². The molecule has 2 aromatic carbocycles. The highest BCUT2D eigenvalue weighted by atomic mass is 19.4. The van der Waals surface area contributed by atoms with Gasteiger partial charge < -0.3 is 20.4 Å². The molecular weight excluding hydrogens is 494 g/mol. The summed E-state index contributed by atoms with van der Waals surface area (Å²) in [5.41, 5.74) is -0.971. The van der Waals surface area contributed by atoms with E-state index in [1.54, 1.807) is 29.2 Å². The summed E-state index contributed by atoms with van der Waals surface area (Å²) in [4.78, 5) is 45.5. The molecule has 1 saturated heterocycles. The van der Waals surface area contributed by atoms with Gasteiger partial charge in [-0.3, -0.25) is 14.4 Å². The first-order valence-electron chi connectivity index (χ1n) is 11.2. The highest BCUT2D eigenvalue weighted by Gasteiger charge is 2.42. The Morgan fingerprint density at radius 2 is 1.81 bits per heavy atom. The molecule has 3 aromatic rings. The standard InChI is InChI=1S/C25H19F4N5O3/c26-15-6-7-18(25(27,28)29)17(11-15)24(37)33-8-9-34-20(13-33)23(36)32-19-10-14(12-30-21(19)34)22(35)31-16-4-2-1-3-5-16/h1-7,10-12,20H,8-9,13H2,(H,31,35)(H,32,36). The number of carbonyl (C=O) groups is 3. The lowest BCUT2D eigenvalue weighted by molar-refractivity contribution is -0.138. The molecule has 2 aliphatic rings. The molecule has 2 N–H and O–H groups in total. The maximum atomic E-state index is 13.7. The molecule has 1 aromatic heterocycles. The van der Waals surface area contributed by atoms with Gasteiger partial charge in [0.15, 0.2) is 5.82 Å². The fourth-order valence-electron chi connectivity index (χ4n) is 4.40. The Kier molecular flexibility index (Phi) is 6.02. The van der Waals surface area contributed by atoms with Crippen LogP contribution >= 0.6 is 0 Å². The number of hydrogen-bond acceptors (Lipinski definition) is 5. The predicted molar refractivity (Wildman–Crippen MR) is 126 cm³/mol. The number of benzene rings is 2. The third kappa shape index (κ3) is 4.69. The van der Waals surface area contributed by atoms with Gasteiger partial charge >= 0.3 is 6.18 Å². The van der Waals surface area contributed by atoms with Crippen LogP contribution in [0, 0.1) is 5.82 Å². The lowest BCUT2D eigenvalue weighted by Gasteiger charge is -2.44. The van der Waals surface area contributed by atoms with E-state index >= 15 is 0 Å². The van der Waals surface area contributed by atoms with Crippen LogP contribution in [0.2, 0.25) is 0 Å². The van der Waals surface area contributed by atoms with E-state index in [2.05, 4.69) is 15.6 Å². The zero-order chi connectivity index (χ0) is 26.3. The third-order valence-electron chi connectivity index (χ3n) is 6.18. The van der Waals surface area contributed by atoms with Crippen LogP contribution < -0.4 is 15.5 Å². The van der Waals surface area contributed by atoms with Crippen molar-refractivity contribution in [2.24, 2.45) is 0 Å². The normalized spacial score (nSPS) is 17.0. The van der Waals surface area contributed by atoms with E-state index in [1.807, 2.05) is 6.07 Å². The minimum absolute atomic E-state index is 0.0201. The molecule has 0 saturated carbocycles. The van der Waals surface area contributed by atoms with E-state index in [-0.39, 0.29) is 25.2 Å². The van der Waals surface area contributed by atoms with E-state index in [0.717, 1.165) is 4.90 Å². The Labute approximate surface area is 207 Å². The lowest BCUT2D eigenvalue weighted by atomic mass is 10.0. The number of piperazine rings is 1. The summed E-state index contributed by atoms with van der Waals surface area (Å²) in [5.74, 6) is -2.57. The van der Waals surface area contributed by atoms with E-state index in [0.29, 0.717) is 35.4 Å². The molecule has 0 radical (unpaired) electrons. The van der Waals surface area contributed by atoms with Gasteiger partial charge in [0, 0.05) is 25.0 Å². The maximum Gasteiger partial charge on any atom is 0.417 e. The smallest absolute Gasteiger partial charge is 0.339 e. The zero-order valence-corrected chi connectivity index (χ0v) is 19.1. The minimum Gasteiger partial charge on any atom is -0.339 e. The number of nitrogens with one attached hydrogen (secondary N) is 2. The monoisotopic (exact) mass is 513 g/mol. The SMILES string of the molecule is O=C(Nc1ccccc1)c1cnc2c(c1)NC(=O)C1CN(C(=O)c3cc(F)ccc3C(F)(F)F)CCN21. The van der Waals surface area contributed by atoms with Crippen molar-refractivity contribution in [1.82, 2.24) is 9.88 Å². The summed E-state index contributed by atoms with van der Waals surface area (Å²) < 4.78 is 54.0. The predicted octanol–water partition coefficient (Wildman–Crippen LogP) is 3.77. The Hall–Kier alpha value is -4.48. The molecule has 3 heterocycles. The number of pyridine rings is 1. The summed E-state index contributed by atoms with van der Waals surface area (Å²) in [6.07, 6.45) is -3.50. The van der Waals surface area contributed by atoms with E-state index in [1.165, 1.54) is 12.3 Å². The molecule has 5 rings (SSSR count). The van der Waals surface area contributed by atoms with Gasteiger partial charge in [-0.05, 0) is 36.4 Å². The van der Waals surface area contributed by atoms with Gasteiger partial charge in [0.1, 0.15) is 11.9 Å². The molecule has 1 unspecified atom stereocenters. The number of alkyl halides is 3.